The molecule has 118 valence electrons. The van der Waals surface area contributed by atoms with Gasteiger partial charge in [0.15, 0.2) is 12.2 Å². The molecule has 1 aromatic carbocycles. The van der Waals surface area contributed by atoms with Gasteiger partial charge >= 0.3 is 0 Å². The fraction of sp³-hybridized carbons (Fsp3) is 0.353. The number of carbonyl (C=O) groups is 2. The highest BCUT2D eigenvalue weighted by Crippen LogP contribution is 2.28. The van der Waals surface area contributed by atoms with Gasteiger partial charge < -0.3 is 14.2 Å². The molecule has 3 heterocycles. The Bertz CT molecular complexity index is 724. The van der Waals surface area contributed by atoms with Crippen LogP contribution < -0.4 is 0 Å². The van der Waals surface area contributed by atoms with Crippen molar-refractivity contribution in [3.8, 4) is 11.3 Å². The Morgan fingerprint density at radius 2 is 2.04 bits per heavy atom. The lowest BCUT2D eigenvalue weighted by atomic mass is 10.1. The average molecular weight is 311 g/mol. The summed E-state index contributed by atoms with van der Waals surface area (Å²) < 4.78 is 5.25. The normalized spacial score (nSPS) is 20.7. The maximum atomic E-state index is 12.8. The monoisotopic (exact) mass is 311 g/mol. The number of hydrogen-bond acceptors (Lipinski definition) is 4. The Morgan fingerprint density at radius 3 is 2.78 bits per heavy atom. The van der Waals surface area contributed by atoms with Gasteiger partial charge in [-0.25, -0.2) is 4.98 Å². The Kier molecular flexibility index (Phi) is 3.37. The van der Waals surface area contributed by atoms with Crippen LogP contribution in [0.2, 0.25) is 0 Å². The van der Waals surface area contributed by atoms with Crippen LogP contribution in [0, 0.1) is 0 Å². The fourth-order valence-corrected chi connectivity index (χ4v) is 3.41. The van der Waals surface area contributed by atoms with Gasteiger partial charge in [0.05, 0.1) is 6.20 Å². The lowest BCUT2D eigenvalue weighted by Crippen LogP contribution is -2.55. The first-order valence-corrected chi connectivity index (χ1v) is 7.83. The maximum Gasteiger partial charge on any atom is 0.255 e. The third-order valence-electron chi connectivity index (χ3n) is 4.58. The van der Waals surface area contributed by atoms with E-state index in [-0.39, 0.29) is 18.0 Å². The van der Waals surface area contributed by atoms with Crippen molar-refractivity contribution in [2.75, 3.05) is 13.1 Å². The topological polar surface area (TPSA) is 66.7 Å². The van der Waals surface area contributed by atoms with Crippen LogP contribution in [0.1, 0.15) is 29.6 Å². The molecule has 0 spiro atoms. The van der Waals surface area contributed by atoms with E-state index in [9.17, 15) is 9.59 Å². The molecule has 2 aromatic rings. The summed E-state index contributed by atoms with van der Waals surface area (Å²) in [6, 6.07) is 7.32. The third kappa shape index (κ3) is 2.40. The Morgan fingerprint density at radius 1 is 1.22 bits per heavy atom. The lowest BCUT2D eigenvalue weighted by molar-refractivity contribution is -0.139. The highest BCUT2D eigenvalue weighted by atomic mass is 16.3. The molecule has 0 bridgehead atoms. The van der Waals surface area contributed by atoms with E-state index in [2.05, 4.69) is 4.98 Å². The second-order valence-electron chi connectivity index (χ2n) is 5.90. The first-order chi connectivity index (χ1) is 11.2. The number of carbonyl (C=O) groups excluding carboxylic acids is 2. The van der Waals surface area contributed by atoms with Gasteiger partial charge in [-0.2, -0.15) is 0 Å². The number of aromatic nitrogens is 1. The maximum absolute atomic E-state index is 12.8. The summed E-state index contributed by atoms with van der Waals surface area (Å²) in [6.45, 7) is 1.26. The molecule has 4 rings (SSSR count). The zero-order valence-corrected chi connectivity index (χ0v) is 12.6. The van der Waals surface area contributed by atoms with Crippen LogP contribution in [0.5, 0.6) is 0 Å². The zero-order chi connectivity index (χ0) is 15.8. The number of hydrogen-bond donors (Lipinski definition) is 0. The van der Waals surface area contributed by atoms with Crippen LogP contribution in [0.4, 0.5) is 0 Å². The molecule has 2 aliphatic rings. The van der Waals surface area contributed by atoms with Crippen molar-refractivity contribution >= 4 is 11.8 Å². The van der Waals surface area contributed by atoms with Gasteiger partial charge in [-0.05, 0) is 25.0 Å². The Balaban J connectivity index is 1.56. The SMILES string of the molecule is O=C1CCN(C(=O)c2ccc(-c3cnco3)cc2)C2CCCN12. The molecule has 0 radical (unpaired) electrons. The highest BCUT2D eigenvalue weighted by molar-refractivity contribution is 5.96. The molecule has 6 nitrogen and oxygen atoms in total. The standard InChI is InChI=1S/C17H17N3O3/c21-16-7-9-20(15-2-1-8-19(15)16)17(22)13-5-3-12(4-6-13)14-10-18-11-23-14/h3-6,10-11,15H,1-2,7-9H2. The van der Waals surface area contributed by atoms with Gasteiger partial charge in [0.25, 0.3) is 5.91 Å². The molecular weight excluding hydrogens is 294 g/mol. The van der Waals surface area contributed by atoms with Crippen LogP contribution in [0.3, 0.4) is 0 Å². The summed E-state index contributed by atoms with van der Waals surface area (Å²) >= 11 is 0. The summed E-state index contributed by atoms with van der Waals surface area (Å²) in [5.41, 5.74) is 1.52. The predicted octanol–water partition coefficient (Wildman–Crippen LogP) is 2.14. The minimum Gasteiger partial charge on any atom is -0.444 e. The molecule has 23 heavy (non-hydrogen) atoms. The molecule has 1 aromatic heterocycles. The van der Waals surface area contributed by atoms with E-state index in [1.165, 1.54) is 6.39 Å². The van der Waals surface area contributed by atoms with E-state index < -0.39 is 0 Å². The molecule has 2 amide bonds. The summed E-state index contributed by atoms with van der Waals surface area (Å²) in [7, 11) is 0. The number of fused-ring (bicyclic) bond motifs is 1. The largest absolute Gasteiger partial charge is 0.444 e. The number of oxazole rings is 1. The zero-order valence-electron chi connectivity index (χ0n) is 12.6. The number of nitrogens with zero attached hydrogens (tertiary/aromatic N) is 3. The summed E-state index contributed by atoms with van der Waals surface area (Å²) in [6.07, 6.45) is 5.20. The lowest BCUT2D eigenvalue weighted by Gasteiger charge is -2.39. The van der Waals surface area contributed by atoms with Crippen LogP contribution in [-0.4, -0.2) is 45.9 Å². The van der Waals surface area contributed by atoms with Gasteiger partial charge in [0.1, 0.15) is 6.17 Å². The third-order valence-corrected chi connectivity index (χ3v) is 4.58. The molecule has 2 fully saturated rings. The number of benzene rings is 1. The fourth-order valence-electron chi connectivity index (χ4n) is 3.41. The van der Waals surface area contributed by atoms with E-state index in [0.717, 1.165) is 24.9 Å². The van der Waals surface area contributed by atoms with E-state index >= 15 is 0 Å². The van der Waals surface area contributed by atoms with Gasteiger partial charge in [-0.1, -0.05) is 12.1 Å². The van der Waals surface area contributed by atoms with Crippen LogP contribution in [0.15, 0.2) is 41.3 Å². The molecular formula is C17H17N3O3. The van der Waals surface area contributed by atoms with Crippen molar-refractivity contribution in [2.24, 2.45) is 0 Å². The first-order valence-electron chi connectivity index (χ1n) is 7.83. The van der Waals surface area contributed by atoms with Crippen molar-refractivity contribution in [2.45, 2.75) is 25.4 Å². The van der Waals surface area contributed by atoms with Gasteiger partial charge in [-0.15, -0.1) is 0 Å². The van der Waals surface area contributed by atoms with Gasteiger partial charge in [0, 0.05) is 30.6 Å². The van der Waals surface area contributed by atoms with Crippen LogP contribution in [-0.2, 0) is 4.79 Å². The molecule has 2 aliphatic heterocycles. The first kappa shape index (κ1) is 14.0. The predicted molar refractivity (Wildman–Crippen MR) is 82.3 cm³/mol. The number of rotatable bonds is 2. The quantitative estimate of drug-likeness (QED) is 0.852. The van der Waals surface area contributed by atoms with Crippen molar-refractivity contribution < 1.29 is 14.0 Å². The molecule has 2 saturated heterocycles. The minimum atomic E-state index is -0.0716. The summed E-state index contributed by atoms with van der Waals surface area (Å²) in [5, 5.41) is 0. The van der Waals surface area contributed by atoms with Crippen molar-refractivity contribution in [1.82, 2.24) is 14.8 Å². The minimum absolute atomic E-state index is 0.0153. The van der Waals surface area contributed by atoms with E-state index in [1.54, 1.807) is 18.3 Å². The van der Waals surface area contributed by atoms with Gasteiger partial charge in [-0.3, -0.25) is 9.59 Å². The molecule has 1 unspecified atom stereocenters. The molecule has 1 atom stereocenters. The second-order valence-corrected chi connectivity index (χ2v) is 5.90. The van der Waals surface area contributed by atoms with Crippen molar-refractivity contribution in [3.63, 3.8) is 0 Å². The van der Waals surface area contributed by atoms with E-state index in [4.69, 9.17) is 4.42 Å². The second kappa shape index (κ2) is 5.53. The van der Waals surface area contributed by atoms with Crippen molar-refractivity contribution in [1.29, 1.82) is 0 Å². The average Bonchev–Trinajstić information content (AvgIpc) is 3.27. The van der Waals surface area contributed by atoms with E-state index in [0.29, 0.717) is 24.3 Å². The summed E-state index contributed by atoms with van der Waals surface area (Å²) in [4.78, 5) is 32.3. The Hall–Kier alpha value is -2.63. The van der Waals surface area contributed by atoms with Gasteiger partial charge in [0.2, 0.25) is 5.91 Å². The molecule has 0 saturated carbocycles. The summed E-state index contributed by atoms with van der Waals surface area (Å²) in [5.74, 6) is 0.824. The van der Waals surface area contributed by atoms with Crippen molar-refractivity contribution in [3.05, 3.63) is 42.4 Å². The highest BCUT2D eigenvalue weighted by Gasteiger charge is 2.39. The van der Waals surface area contributed by atoms with Crippen LogP contribution in [0.25, 0.3) is 11.3 Å². The van der Waals surface area contributed by atoms with Crippen LogP contribution >= 0.6 is 0 Å². The smallest absolute Gasteiger partial charge is 0.255 e. The van der Waals surface area contributed by atoms with E-state index in [1.807, 2.05) is 21.9 Å². The molecule has 0 aliphatic carbocycles. The molecule has 0 N–H and O–H groups in total. The molecule has 6 heteroatoms. The Labute approximate surface area is 133 Å². The number of amides is 2.